The van der Waals surface area contributed by atoms with Crippen LogP contribution in [-0.4, -0.2) is 37.3 Å². The van der Waals surface area contributed by atoms with Gasteiger partial charge in [0.15, 0.2) is 0 Å². The highest BCUT2D eigenvalue weighted by Crippen LogP contribution is 2.24. The van der Waals surface area contributed by atoms with Crippen LogP contribution in [0.2, 0.25) is 0 Å². The summed E-state index contributed by atoms with van der Waals surface area (Å²) in [5.41, 5.74) is 4.34. The third-order valence-electron chi connectivity index (χ3n) is 5.24. The molecule has 0 radical (unpaired) electrons. The van der Waals surface area contributed by atoms with Crippen molar-refractivity contribution in [3.05, 3.63) is 34.9 Å². The van der Waals surface area contributed by atoms with E-state index in [9.17, 15) is 4.79 Å². The number of aromatic amines is 1. The van der Waals surface area contributed by atoms with E-state index >= 15 is 0 Å². The highest BCUT2D eigenvalue weighted by molar-refractivity contribution is 5.78. The summed E-state index contributed by atoms with van der Waals surface area (Å²) in [6.45, 7) is 6.13. The van der Waals surface area contributed by atoms with Crippen LogP contribution in [0.3, 0.4) is 0 Å². The average Bonchev–Trinajstić information content (AvgIpc) is 3.33. The third-order valence-corrected chi connectivity index (χ3v) is 5.24. The second-order valence-electron chi connectivity index (χ2n) is 7.30. The van der Waals surface area contributed by atoms with Gasteiger partial charge >= 0.3 is 0 Å². The molecule has 4 rings (SSSR count). The van der Waals surface area contributed by atoms with Gasteiger partial charge in [-0.15, -0.1) is 0 Å². The number of rotatable bonds is 5. The maximum Gasteiger partial charge on any atom is 0.223 e. The Labute approximate surface area is 147 Å². The second-order valence-corrected chi connectivity index (χ2v) is 7.30. The van der Waals surface area contributed by atoms with Gasteiger partial charge in [0.2, 0.25) is 5.91 Å². The molecule has 2 aromatic rings. The second kappa shape index (κ2) is 7.00. The van der Waals surface area contributed by atoms with Crippen molar-refractivity contribution in [2.45, 2.75) is 58.8 Å². The van der Waals surface area contributed by atoms with Crippen LogP contribution in [0, 0.1) is 12.8 Å². The van der Waals surface area contributed by atoms with Crippen molar-refractivity contribution in [2.24, 2.45) is 5.92 Å². The molecule has 0 atom stereocenters. The number of amides is 1. The zero-order valence-electron chi connectivity index (χ0n) is 14.8. The number of H-pyrrole nitrogens is 1. The Kier molecular flexibility index (Phi) is 4.57. The Hall–Kier alpha value is -2.15. The quantitative estimate of drug-likeness (QED) is 0.867. The van der Waals surface area contributed by atoms with Crippen LogP contribution in [0.4, 0.5) is 0 Å². The minimum Gasteiger partial charge on any atom is -0.350 e. The molecule has 0 spiro atoms. The highest BCUT2D eigenvalue weighted by atomic mass is 16.1. The van der Waals surface area contributed by atoms with E-state index < -0.39 is 0 Å². The zero-order valence-corrected chi connectivity index (χ0v) is 14.8. The fourth-order valence-electron chi connectivity index (χ4n) is 3.90. The lowest BCUT2D eigenvalue weighted by Gasteiger charge is -2.26. The fourth-order valence-corrected chi connectivity index (χ4v) is 3.90. The van der Waals surface area contributed by atoms with Crippen LogP contribution >= 0.6 is 0 Å². The number of carbonyl (C=O) groups is 1. The number of nitrogens with one attached hydrogen (secondary N) is 2. The molecule has 7 nitrogen and oxygen atoms in total. The van der Waals surface area contributed by atoms with Crippen molar-refractivity contribution in [3.63, 3.8) is 0 Å². The lowest BCUT2D eigenvalue weighted by Crippen LogP contribution is -2.33. The molecule has 0 aromatic carbocycles. The lowest BCUT2D eigenvalue weighted by atomic mass is 10.1. The Morgan fingerprint density at radius 2 is 2.12 bits per heavy atom. The molecule has 2 aliphatic rings. The van der Waals surface area contributed by atoms with Gasteiger partial charge in [0.25, 0.3) is 0 Å². The van der Waals surface area contributed by atoms with Crippen molar-refractivity contribution in [3.8, 4) is 0 Å². The van der Waals surface area contributed by atoms with E-state index in [4.69, 9.17) is 0 Å². The minimum atomic E-state index is 0.194. The Morgan fingerprint density at radius 1 is 1.28 bits per heavy atom. The molecular formula is C18H26N6O. The first kappa shape index (κ1) is 16.3. The molecule has 0 saturated heterocycles. The highest BCUT2D eigenvalue weighted by Gasteiger charge is 2.23. The van der Waals surface area contributed by atoms with Crippen LogP contribution in [-0.2, 0) is 31.0 Å². The lowest BCUT2D eigenvalue weighted by molar-refractivity contribution is -0.124. The molecular weight excluding hydrogens is 316 g/mol. The van der Waals surface area contributed by atoms with Crippen molar-refractivity contribution in [1.82, 2.24) is 30.2 Å². The molecule has 1 saturated carbocycles. The van der Waals surface area contributed by atoms with Crippen LogP contribution in [0.15, 0.2) is 12.1 Å². The minimum absolute atomic E-state index is 0.194. The van der Waals surface area contributed by atoms with E-state index in [0.717, 1.165) is 56.1 Å². The van der Waals surface area contributed by atoms with E-state index in [1.807, 2.05) is 6.92 Å². The van der Waals surface area contributed by atoms with Gasteiger partial charge in [-0.25, -0.2) is 0 Å². The van der Waals surface area contributed by atoms with E-state index in [-0.39, 0.29) is 11.8 Å². The van der Waals surface area contributed by atoms with Gasteiger partial charge in [0.1, 0.15) is 0 Å². The first-order valence-corrected chi connectivity index (χ1v) is 9.24. The van der Waals surface area contributed by atoms with Gasteiger partial charge in [0, 0.05) is 31.2 Å². The Morgan fingerprint density at radius 3 is 2.88 bits per heavy atom. The number of aryl methyl sites for hydroxylation is 1. The molecule has 25 heavy (non-hydrogen) atoms. The molecule has 1 amide bonds. The fraction of sp³-hybridized carbons (Fsp3) is 0.611. The van der Waals surface area contributed by atoms with Crippen LogP contribution in [0.25, 0.3) is 0 Å². The molecule has 0 unspecified atom stereocenters. The molecule has 2 aromatic heterocycles. The molecule has 1 fully saturated rings. The monoisotopic (exact) mass is 342 g/mol. The standard InChI is InChI=1S/C18H26N6O/c1-13-8-16(21-20-13)11-23-6-7-24-17(12-23)9-15(22-24)10-19-18(25)14-4-2-3-5-14/h8-9,14H,2-7,10-12H2,1H3,(H,19,25)(H,20,21). The topological polar surface area (TPSA) is 78.8 Å². The summed E-state index contributed by atoms with van der Waals surface area (Å²) in [5.74, 6) is 0.407. The molecule has 134 valence electrons. The van der Waals surface area contributed by atoms with Crippen molar-refractivity contribution in [1.29, 1.82) is 0 Å². The number of hydrogen-bond acceptors (Lipinski definition) is 4. The van der Waals surface area contributed by atoms with Gasteiger partial charge in [-0.2, -0.15) is 10.2 Å². The van der Waals surface area contributed by atoms with E-state index in [1.165, 1.54) is 18.5 Å². The van der Waals surface area contributed by atoms with Crippen LogP contribution in [0.1, 0.15) is 48.5 Å². The molecule has 0 bridgehead atoms. The van der Waals surface area contributed by atoms with Crippen molar-refractivity contribution in [2.75, 3.05) is 6.54 Å². The summed E-state index contributed by atoms with van der Waals surface area (Å²) >= 11 is 0. The molecule has 1 aliphatic heterocycles. The van der Waals surface area contributed by atoms with Crippen molar-refractivity contribution >= 4 is 5.91 Å². The van der Waals surface area contributed by atoms with E-state index in [0.29, 0.717) is 6.54 Å². The summed E-state index contributed by atoms with van der Waals surface area (Å²) in [4.78, 5) is 14.5. The zero-order chi connectivity index (χ0) is 17.2. The van der Waals surface area contributed by atoms with Gasteiger partial charge < -0.3 is 5.32 Å². The number of carbonyl (C=O) groups excluding carboxylic acids is 1. The molecule has 1 aliphatic carbocycles. The summed E-state index contributed by atoms with van der Waals surface area (Å²) in [7, 11) is 0. The first-order valence-electron chi connectivity index (χ1n) is 9.24. The van der Waals surface area contributed by atoms with Crippen LogP contribution < -0.4 is 5.32 Å². The summed E-state index contributed by atoms with van der Waals surface area (Å²) in [6, 6.07) is 4.22. The summed E-state index contributed by atoms with van der Waals surface area (Å²) < 4.78 is 2.07. The Balaban J connectivity index is 1.33. The molecule has 7 heteroatoms. The average molecular weight is 342 g/mol. The summed E-state index contributed by atoms with van der Waals surface area (Å²) in [6.07, 6.45) is 4.44. The van der Waals surface area contributed by atoms with Gasteiger partial charge in [-0.1, -0.05) is 12.8 Å². The number of hydrogen-bond donors (Lipinski definition) is 2. The largest absolute Gasteiger partial charge is 0.350 e. The Bertz CT molecular complexity index is 743. The normalized spacial score (nSPS) is 18.4. The van der Waals surface area contributed by atoms with E-state index in [2.05, 4.69) is 42.3 Å². The first-order chi connectivity index (χ1) is 12.2. The van der Waals surface area contributed by atoms with Gasteiger partial charge in [-0.05, 0) is 31.9 Å². The van der Waals surface area contributed by atoms with Crippen molar-refractivity contribution < 1.29 is 4.79 Å². The SMILES string of the molecule is Cc1cc(CN2CCn3nc(CNC(=O)C4CCCC4)cc3C2)n[nH]1. The predicted octanol–water partition coefficient (Wildman–Crippen LogP) is 1.74. The third kappa shape index (κ3) is 3.76. The molecule has 2 N–H and O–H groups in total. The number of fused-ring (bicyclic) bond motifs is 1. The van der Waals surface area contributed by atoms with Gasteiger partial charge in [-0.3, -0.25) is 19.5 Å². The predicted molar refractivity (Wildman–Crippen MR) is 93.5 cm³/mol. The summed E-state index contributed by atoms with van der Waals surface area (Å²) in [5, 5.41) is 15.0. The van der Waals surface area contributed by atoms with Crippen LogP contribution in [0.5, 0.6) is 0 Å². The maximum absolute atomic E-state index is 12.2. The number of aromatic nitrogens is 4. The smallest absolute Gasteiger partial charge is 0.223 e. The van der Waals surface area contributed by atoms with Gasteiger partial charge in [0.05, 0.1) is 30.2 Å². The molecule has 3 heterocycles. The van der Waals surface area contributed by atoms with E-state index in [1.54, 1.807) is 0 Å². The maximum atomic E-state index is 12.2. The number of nitrogens with zero attached hydrogens (tertiary/aromatic N) is 4.